The summed E-state index contributed by atoms with van der Waals surface area (Å²) in [5.74, 6) is 0. The van der Waals surface area contributed by atoms with Gasteiger partial charge in [0.25, 0.3) is 0 Å². The predicted octanol–water partition coefficient (Wildman–Crippen LogP) is 10.8. The first kappa shape index (κ1) is 27.7. The van der Waals surface area contributed by atoms with E-state index in [2.05, 4.69) is 154 Å². The molecular weight excluding hydrogens is 470 g/mol. The van der Waals surface area contributed by atoms with Crippen LogP contribution in [0.2, 0.25) is 0 Å². The maximum absolute atomic E-state index is 3.76. The topological polar surface area (TPSA) is 3.24 Å². The van der Waals surface area contributed by atoms with E-state index in [9.17, 15) is 0 Å². The van der Waals surface area contributed by atoms with Gasteiger partial charge in [-0.05, 0) is 84.4 Å². The average molecular weight is 510 g/mol. The first-order valence-electron chi connectivity index (χ1n) is 13.9. The lowest BCUT2D eigenvalue weighted by Crippen LogP contribution is -2.30. The van der Waals surface area contributed by atoms with Crippen molar-refractivity contribution in [2.45, 2.75) is 39.7 Å². The Morgan fingerprint density at radius 1 is 0.897 bits per heavy atom. The van der Waals surface area contributed by atoms with E-state index < -0.39 is 0 Å². The van der Waals surface area contributed by atoms with Crippen molar-refractivity contribution in [1.29, 1.82) is 0 Å². The highest BCUT2D eigenvalue weighted by atomic mass is 15.2. The van der Waals surface area contributed by atoms with Gasteiger partial charge in [0.15, 0.2) is 0 Å². The SMILES string of the molecule is C=C/C=C\C=C(/C)C1=CCC(N(c2ccc(C(/C=C\C)=C/CC)cc2)c2ccc(-c3ccccc3)cc2)C=C1. The molecule has 1 aliphatic carbocycles. The van der Waals surface area contributed by atoms with Gasteiger partial charge >= 0.3 is 0 Å². The van der Waals surface area contributed by atoms with Crippen molar-refractivity contribution in [3.8, 4) is 11.1 Å². The molecule has 3 aromatic carbocycles. The highest BCUT2D eigenvalue weighted by Gasteiger charge is 2.21. The van der Waals surface area contributed by atoms with Crippen LogP contribution >= 0.6 is 0 Å². The van der Waals surface area contributed by atoms with Crippen molar-refractivity contribution in [2.24, 2.45) is 0 Å². The second-order valence-electron chi connectivity index (χ2n) is 9.69. The lowest BCUT2D eigenvalue weighted by atomic mass is 9.95. The van der Waals surface area contributed by atoms with Crippen LogP contribution in [-0.2, 0) is 0 Å². The molecule has 1 aliphatic rings. The second-order valence-corrected chi connectivity index (χ2v) is 9.69. The van der Waals surface area contributed by atoms with Crippen LogP contribution in [0.25, 0.3) is 16.7 Å². The number of allylic oxidation sites excluding steroid dienone is 11. The largest absolute Gasteiger partial charge is 0.334 e. The summed E-state index contributed by atoms with van der Waals surface area (Å²) >= 11 is 0. The molecule has 1 atom stereocenters. The Morgan fingerprint density at radius 3 is 2.15 bits per heavy atom. The zero-order valence-electron chi connectivity index (χ0n) is 23.4. The molecule has 0 saturated heterocycles. The molecule has 1 heteroatoms. The molecular formula is C38H39N. The van der Waals surface area contributed by atoms with Gasteiger partial charge in [-0.15, -0.1) is 0 Å². The molecule has 1 unspecified atom stereocenters. The van der Waals surface area contributed by atoms with E-state index in [1.807, 2.05) is 12.2 Å². The maximum Gasteiger partial charge on any atom is 0.0560 e. The molecule has 0 radical (unpaired) electrons. The highest BCUT2D eigenvalue weighted by Crippen LogP contribution is 2.34. The normalized spacial score (nSPS) is 16.1. The minimum Gasteiger partial charge on any atom is -0.334 e. The van der Waals surface area contributed by atoms with Crippen LogP contribution < -0.4 is 4.90 Å². The quantitative estimate of drug-likeness (QED) is 0.246. The number of benzene rings is 3. The molecule has 0 aromatic heterocycles. The van der Waals surface area contributed by atoms with Gasteiger partial charge in [-0.25, -0.2) is 0 Å². The fourth-order valence-electron chi connectivity index (χ4n) is 4.94. The first-order chi connectivity index (χ1) is 19.1. The molecule has 0 saturated carbocycles. The Bertz CT molecular complexity index is 1410. The smallest absolute Gasteiger partial charge is 0.0560 e. The third kappa shape index (κ3) is 7.15. The summed E-state index contributed by atoms with van der Waals surface area (Å²) in [7, 11) is 0. The van der Waals surface area contributed by atoms with Crippen molar-refractivity contribution in [2.75, 3.05) is 4.90 Å². The molecule has 3 aromatic rings. The van der Waals surface area contributed by atoms with Crippen LogP contribution in [-0.4, -0.2) is 6.04 Å². The summed E-state index contributed by atoms with van der Waals surface area (Å²) in [6, 6.07) is 28.7. The first-order valence-corrected chi connectivity index (χ1v) is 13.9. The van der Waals surface area contributed by atoms with E-state index in [0.717, 1.165) is 12.8 Å². The van der Waals surface area contributed by atoms with Crippen LogP contribution in [0.1, 0.15) is 39.2 Å². The molecule has 0 amide bonds. The molecule has 0 N–H and O–H groups in total. The summed E-state index contributed by atoms with van der Waals surface area (Å²) < 4.78 is 0. The Labute approximate surface area is 235 Å². The van der Waals surface area contributed by atoms with E-state index in [1.165, 1.54) is 44.8 Å². The molecule has 0 aliphatic heterocycles. The monoisotopic (exact) mass is 509 g/mol. The maximum atomic E-state index is 3.76. The predicted molar refractivity (Wildman–Crippen MR) is 172 cm³/mol. The van der Waals surface area contributed by atoms with Crippen molar-refractivity contribution in [3.05, 3.63) is 163 Å². The van der Waals surface area contributed by atoms with E-state index in [4.69, 9.17) is 0 Å². The lowest BCUT2D eigenvalue weighted by molar-refractivity contribution is 0.780. The zero-order chi connectivity index (χ0) is 27.5. The van der Waals surface area contributed by atoms with Crippen LogP contribution in [0.4, 0.5) is 11.4 Å². The standard InChI is InChI=1S/C38H39N/c1-5-8-10-15-30(4)31-18-24-36(25-19-31)39(37-26-20-34(21-27-37)32(13-6-2)14-7-3)38-28-22-35(23-29-38)33-16-11-9-12-17-33/h5-6,8-24,26-29,36H,1,7,25H2,2-4H3/b10-8-,13-6-,30-15+,32-14+. The Morgan fingerprint density at radius 2 is 1.56 bits per heavy atom. The van der Waals surface area contributed by atoms with Gasteiger partial charge in [0.05, 0.1) is 6.04 Å². The molecule has 39 heavy (non-hydrogen) atoms. The van der Waals surface area contributed by atoms with Gasteiger partial charge in [-0.2, -0.15) is 0 Å². The minimum absolute atomic E-state index is 0.222. The number of anilines is 2. The third-order valence-electron chi connectivity index (χ3n) is 6.96. The van der Waals surface area contributed by atoms with Gasteiger partial charge in [0.1, 0.15) is 0 Å². The number of hydrogen-bond acceptors (Lipinski definition) is 1. The zero-order valence-corrected chi connectivity index (χ0v) is 23.4. The van der Waals surface area contributed by atoms with Gasteiger partial charge in [-0.1, -0.05) is 129 Å². The lowest BCUT2D eigenvalue weighted by Gasteiger charge is -2.33. The highest BCUT2D eigenvalue weighted by molar-refractivity contribution is 5.77. The summed E-state index contributed by atoms with van der Waals surface area (Å²) in [5.41, 5.74) is 9.88. The summed E-state index contributed by atoms with van der Waals surface area (Å²) in [6.45, 7) is 10.2. The summed E-state index contributed by atoms with van der Waals surface area (Å²) in [5, 5.41) is 0. The Kier molecular flexibility index (Phi) is 9.92. The van der Waals surface area contributed by atoms with Crippen molar-refractivity contribution < 1.29 is 0 Å². The van der Waals surface area contributed by atoms with E-state index >= 15 is 0 Å². The number of nitrogens with zero attached hydrogens (tertiary/aromatic N) is 1. The Hall–Kier alpha value is -4.36. The van der Waals surface area contributed by atoms with Gasteiger partial charge < -0.3 is 4.90 Å². The Balaban J connectivity index is 1.67. The number of hydrogen-bond donors (Lipinski definition) is 0. The number of rotatable bonds is 10. The summed E-state index contributed by atoms with van der Waals surface area (Å²) in [6.07, 6.45) is 23.4. The van der Waals surface area contributed by atoms with E-state index in [-0.39, 0.29) is 6.04 Å². The fourth-order valence-corrected chi connectivity index (χ4v) is 4.94. The molecule has 0 spiro atoms. The van der Waals surface area contributed by atoms with Crippen LogP contribution in [0.5, 0.6) is 0 Å². The van der Waals surface area contributed by atoms with Gasteiger partial charge in [0, 0.05) is 11.4 Å². The van der Waals surface area contributed by atoms with Gasteiger partial charge in [0.2, 0.25) is 0 Å². The van der Waals surface area contributed by atoms with Gasteiger partial charge in [-0.3, -0.25) is 0 Å². The minimum atomic E-state index is 0.222. The molecule has 4 rings (SSSR count). The molecule has 0 fully saturated rings. The fraction of sp³-hybridized carbons (Fsp3) is 0.158. The van der Waals surface area contributed by atoms with E-state index in [0.29, 0.717) is 0 Å². The third-order valence-corrected chi connectivity index (χ3v) is 6.96. The summed E-state index contributed by atoms with van der Waals surface area (Å²) in [4.78, 5) is 2.46. The molecule has 0 bridgehead atoms. The molecule has 1 nitrogen and oxygen atoms in total. The second kappa shape index (κ2) is 14.0. The molecule has 0 heterocycles. The van der Waals surface area contributed by atoms with Crippen LogP contribution in [0.3, 0.4) is 0 Å². The molecule has 196 valence electrons. The van der Waals surface area contributed by atoms with E-state index in [1.54, 1.807) is 6.08 Å². The van der Waals surface area contributed by atoms with Crippen LogP contribution in [0.15, 0.2) is 157 Å². The van der Waals surface area contributed by atoms with Crippen LogP contribution in [0, 0.1) is 0 Å². The van der Waals surface area contributed by atoms with Crippen molar-refractivity contribution in [3.63, 3.8) is 0 Å². The average Bonchev–Trinajstić information content (AvgIpc) is 2.99. The van der Waals surface area contributed by atoms with Crippen molar-refractivity contribution in [1.82, 2.24) is 0 Å². The van der Waals surface area contributed by atoms with Crippen molar-refractivity contribution >= 4 is 16.9 Å².